The molecular formula is C13H17N3O4S. The van der Waals surface area contributed by atoms with Gasteiger partial charge >= 0.3 is 5.69 Å². The molecule has 0 atom stereocenters. The maximum Gasteiger partial charge on any atom is 0.319 e. The monoisotopic (exact) mass is 311 g/mol. The van der Waals surface area contributed by atoms with E-state index in [9.17, 15) is 10.1 Å². The van der Waals surface area contributed by atoms with Gasteiger partial charge in [0, 0.05) is 20.3 Å². The lowest BCUT2D eigenvalue weighted by molar-refractivity contribution is -0.382. The summed E-state index contributed by atoms with van der Waals surface area (Å²) in [4.78, 5) is 14.9. The highest BCUT2D eigenvalue weighted by molar-refractivity contribution is 7.16. The number of methoxy groups -OCH3 is 1. The molecule has 114 valence electrons. The lowest BCUT2D eigenvalue weighted by atomic mass is 10.2. The second kappa shape index (κ2) is 7.87. The Hall–Kier alpha value is -1.77. The molecule has 0 saturated heterocycles. The van der Waals surface area contributed by atoms with Gasteiger partial charge in [-0.05, 0) is 18.6 Å². The van der Waals surface area contributed by atoms with Crippen molar-refractivity contribution in [2.45, 2.75) is 6.42 Å². The van der Waals surface area contributed by atoms with Crippen molar-refractivity contribution in [3.05, 3.63) is 27.8 Å². The van der Waals surface area contributed by atoms with Crippen LogP contribution in [0.1, 0.15) is 6.42 Å². The number of aromatic nitrogens is 1. The molecule has 1 aromatic heterocycles. The van der Waals surface area contributed by atoms with Crippen LogP contribution in [0.4, 0.5) is 11.4 Å². The Morgan fingerprint density at radius 2 is 2.24 bits per heavy atom. The third-order valence-electron chi connectivity index (χ3n) is 2.87. The van der Waals surface area contributed by atoms with Crippen molar-refractivity contribution < 1.29 is 14.4 Å². The number of nitro groups is 1. The van der Waals surface area contributed by atoms with Gasteiger partial charge in [0.25, 0.3) is 0 Å². The van der Waals surface area contributed by atoms with E-state index in [1.165, 1.54) is 11.3 Å². The fourth-order valence-electron chi connectivity index (χ4n) is 1.89. The van der Waals surface area contributed by atoms with Crippen molar-refractivity contribution in [2.75, 3.05) is 38.8 Å². The summed E-state index contributed by atoms with van der Waals surface area (Å²) in [5, 5.41) is 14.3. The first-order valence-electron chi connectivity index (χ1n) is 6.55. The number of fused-ring (bicyclic) bond motifs is 1. The van der Waals surface area contributed by atoms with Crippen LogP contribution in [-0.4, -0.2) is 43.4 Å². The summed E-state index contributed by atoms with van der Waals surface area (Å²) < 4.78 is 11.0. The summed E-state index contributed by atoms with van der Waals surface area (Å²) in [5.41, 5.74) is 2.58. The molecule has 7 nitrogen and oxygen atoms in total. The number of anilines is 1. The minimum Gasteiger partial charge on any atom is -0.382 e. The van der Waals surface area contributed by atoms with Gasteiger partial charge in [-0.2, -0.15) is 0 Å². The fourth-order valence-corrected chi connectivity index (χ4v) is 2.57. The molecule has 8 heteroatoms. The Kier molecular flexibility index (Phi) is 5.85. The lowest BCUT2D eigenvalue weighted by Crippen LogP contribution is -2.09. The van der Waals surface area contributed by atoms with Gasteiger partial charge in [0.1, 0.15) is 5.69 Å². The second-order valence-electron chi connectivity index (χ2n) is 4.30. The average molecular weight is 311 g/mol. The molecule has 1 N–H and O–H groups in total. The SMILES string of the molecule is COCCOCCCNc1ccc2scnc2c1[N+](=O)[O-]. The Labute approximate surface area is 126 Å². The van der Waals surface area contributed by atoms with E-state index in [4.69, 9.17) is 9.47 Å². The van der Waals surface area contributed by atoms with Crippen molar-refractivity contribution in [3.8, 4) is 0 Å². The molecule has 2 aromatic rings. The summed E-state index contributed by atoms with van der Waals surface area (Å²) in [6.07, 6.45) is 0.760. The van der Waals surface area contributed by atoms with Crippen LogP contribution in [0, 0.1) is 10.1 Å². The van der Waals surface area contributed by atoms with Crippen LogP contribution < -0.4 is 5.32 Å². The summed E-state index contributed by atoms with van der Waals surface area (Å²) in [6.45, 7) is 2.31. The molecule has 0 aliphatic rings. The molecule has 0 spiro atoms. The fraction of sp³-hybridized carbons (Fsp3) is 0.462. The van der Waals surface area contributed by atoms with Gasteiger partial charge in [-0.3, -0.25) is 10.1 Å². The molecule has 21 heavy (non-hydrogen) atoms. The van der Waals surface area contributed by atoms with E-state index in [0.29, 0.717) is 37.6 Å². The molecule has 0 saturated carbocycles. The Morgan fingerprint density at radius 1 is 1.38 bits per heavy atom. The number of hydrogen-bond donors (Lipinski definition) is 1. The third kappa shape index (κ3) is 4.10. The summed E-state index contributed by atoms with van der Waals surface area (Å²) in [5.74, 6) is 0. The molecular weight excluding hydrogens is 294 g/mol. The number of nitro benzene ring substituents is 1. The van der Waals surface area contributed by atoms with Crippen molar-refractivity contribution in [2.24, 2.45) is 0 Å². The van der Waals surface area contributed by atoms with E-state index >= 15 is 0 Å². The zero-order chi connectivity index (χ0) is 15.1. The van der Waals surface area contributed by atoms with Gasteiger partial charge in [0.2, 0.25) is 0 Å². The molecule has 0 fully saturated rings. The van der Waals surface area contributed by atoms with Crippen molar-refractivity contribution in [1.82, 2.24) is 4.98 Å². The number of nitrogens with zero attached hydrogens (tertiary/aromatic N) is 2. The zero-order valence-electron chi connectivity index (χ0n) is 11.7. The van der Waals surface area contributed by atoms with Gasteiger partial charge in [-0.25, -0.2) is 4.98 Å². The molecule has 0 bridgehead atoms. The van der Waals surface area contributed by atoms with E-state index in [0.717, 1.165) is 11.1 Å². The van der Waals surface area contributed by atoms with Crippen molar-refractivity contribution >= 4 is 32.9 Å². The number of hydrogen-bond acceptors (Lipinski definition) is 7. The van der Waals surface area contributed by atoms with Gasteiger partial charge in [-0.15, -0.1) is 11.3 Å². The van der Waals surface area contributed by atoms with Crippen molar-refractivity contribution in [3.63, 3.8) is 0 Å². The molecule has 1 heterocycles. The standard InChI is InChI=1S/C13H17N3O4S/c1-19-7-8-20-6-2-5-14-10-3-4-11-12(15-9-21-11)13(10)16(17)18/h3-4,9,14H,2,5-8H2,1H3. The minimum absolute atomic E-state index is 0.0362. The van der Waals surface area contributed by atoms with E-state index in [2.05, 4.69) is 10.3 Å². The summed E-state index contributed by atoms with van der Waals surface area (Å²) >= 11 is 1.39. The Morgan fingerprint density at radius 3 is 3.00 bits per heavy atom. The normalized spacial score (nSPS) is 10.9. The van der Waals surface area contributed by atoms with Gasteiger partial charge in [0.15, 0.2) is 5.52 Å². The predicted molar refractivity (Wildman–Crippen MR) is 82.1 cm³/mol. The van der Waals surface area contributed by atoms with Crippen LogP contribution in [0.2, 0.25) is 0 Å². The lowest BCUT2D eigenvalue weighted by Gasteiger charge is -2.08. The quantitative estimate of drug-likeness (QED) is 0.435. The van der Waals surface area contributed by atoms with Gasteiger partial charge in [-0.1, -0.05) is 0 Å². The largest absolute Gasteiger partial charge is 0.382 e. The molecule has 0 aliphatic carbocycles. The van der Waals surface area contributed by atoms with Crippen LogP contribution in [0.5, 0.6) is 0 Å². The number of benzene rings is 1. The molecule has 1 aromatic carbocycles. The average Bonchev–Trinajstić information content (AvgIpc) is 2.93. The van der Waals surface area contributed by atoms with E-state index in [1.54, 1.807) is 18.7 Å². The zero-order valence-corrected chi connectivity index (χ0v) is 12.5. The Bertz CT molecular complexity index is 602. The van der Waals surface area contributed by atoms with Crippen LogP contribution in [0.3, 0.4) is 0 Å². The first-order chi connectivity index (χ1) is 10.2. The summed E-state index contributed by atoms with van der Waals surface area (Å²) in [6, 6.07) is 3.57. The molecule has 0 radical (unpaired) electrons. The van der Waals surface area contributed by atoms with Gasteiger partial charge < -0.3 is 14.8 Å². The first-order valence-corrected chi connectivity index (χ1v) is 7.43. The third-order valence-corrected chi connectivity index (χ3v) is 3.67. The summed E-state index contributed by atoms with van der Waals surface area (Å²) in [7, 11) is 1.62. The first kappa shape index (κ1) is 15.6. The maximum absolute atomic E-state index is 11.2. The second-order valence-corrected chi connectivity index (χ2v) is 5.19. The van der Waals surface area contributed by atoms with Crippen LogP contribution in [0.15, 0.2) is 17.6 Å². The van der Waals surface area contributed by atoms with E-state index in [1.807, 2.05) is 6.07 Å². The number of rotatable bonds is 9. The highest BCUT2D eigenvalue weighted by atomic mass is 32.1. The molecule has 0 aliphatic heterocycles. The Balaban J connectivity index is 1.92. The van der Waals surface area contributed by atoms with E-state index in [-0.39, 0.29) is 10.6 Å². The van der Waals surface area contributed by atoms with Crippen LogP contribution in [0.25, 0.3) is 10.2 Å². The molecule has 0 unspecified atom stereocenters. The van der Waals surface area contributed by atoms with Gasteiger partial charge in [0.05, 0.1) is 28.3 Å². The van der Waals surface area contributed by atoms with Crippen LogP contribution in [-0.2, 0) is 9.47 Å². The highest BCUT2D eigenvalue weighted by Crippen LogP contribution is 2.34. The molecule has 2 rings (SSSR count). The topological polar surface area (TPSA) is 86.5 Å². The highest BCUT2D eigenvalue weighted by Gasteiger charge is 2.20. The molecule has 0 amide bonds. The maximum atomic E-state index is 11.2. The number of ether oxygens (including phenoxy) is 2. The van der Waals surface area contributed by atoms with Crippen LogP contribution >= 0.6 is 11.3 Å². The predicted octanol–water partition coefficient (Wildman–Crippen LogP) is 2.67. The number of nitrogens with one attached hydrogen (secondary N) is 1. The van der Waals surface area contributed by atoms with E-state index < -0.39 is 0 Å². The van der Waals surface area contributed by atoms with Crippen molar-refractivity contribution in [1.29, 1.82) is 0 Å². The smallest absolute Gasteiger partial charge is 0.319 e. The minimum atomic E-state index is -0.389. The number of thiazole rings is 1.